The Balaban J connectivity index is 1.52. The summed E-state index contributed by atoms with van der Waals surface area (Å²) in [5.41, 5.74) is 2.09. The molecule has 0 aliphatic rings. The van der Waals surface area contributed by atoms with Crippen molar-refractivity contribution < 1.29 is 14.3 Å². The number of aromatic nitrogens is 1. The largest absolute Gasteiger partial charge is 0.493 e. The number of ether oxygens (including phenoxy) is 2. The Morgan fingerprint density at radius 2 is 2.07 bits per heavy atom. The van der Waals surface area contributed by atoms with Gasteiger partial charge in [0.2, 0.25) is 5.91 Å². The number of carbonyl (C=O) groups is 1. The minimum atomic E-state index is -0.0817. The molecule has 3 aromatic rings. The number of nitrogens with zero attached hydrogens (tertiary/aromatic N) is 2. The number of nitrogens with one attached hydrogen (secondary N) is 1. The molecule has 136 valence electrons. The summed E-state index contributed by atoms with van der Waals surface area (Å²) in [7, 11) is 1.52. The highest BCUT2D eigenvalue weighted by molar-refractivity contribution is 6.00. The van der Waals surface area contributed by atoms with Crippen molar-refractivity contribution in [3.8, 4) is 17.6 Å². The molecule has 2 aromatic carbocycles. The monoisotopic (exact) mass is 361 g/mol. The lowest BCUT2D eigenvalue weighted by Gasteiger charge is -2.11. The van der Waals surface area contributed by atoms with Gasteiger partial charge in [-0.05, 0) is 42.8 Å². The number of methoxy groups -OCH3 is 1. The Hall–Kier alpha value is -3.59. The van der Waals surface area contributed by atoms with Crippen molar-refractivity contribution in [2.24, 2.45) is 0 Å². The van der Waals surface area contributed by atoms with Gasteiger partial charge in [0, 0.05) is 24.1 Å². The van der Waals surface area contributed by atoms with Crippen molar-refractivity contribution in [3.63, 3.8) is 0 Å². The molecule has 0 atom stereocenters. The van der Waals surface area contributed by atoms with E-state index in [2.05, 4.69) is 16.4 Å². The van der Waals surface area contributed by atoms with Crippen LogP contribution < -0.4 is 14.8 Å². The van der Waals surface area contributed by atoms with Gasteiger partial charge in [-0.15, -0.1) is 0 Å². The van der Waals surface area contributed by atoms with Crippen LogP contribution in [0, 0.1) is 11.3 Å². The molecule has 0 radical (unpaired) electrons. The van der Waals surface area contributed by atoms with Crippen LogP contribution in [-0.4, -0.2) is 24.6 Å². The fourth-order valence-corrected chi connectivity index (χ4v) is 2.70. The van der Waals surface area contributed by atoms with Crippen LogP contribution in [0.15, 0.2) is 54.7 Å². The van der Waals surface area contributed by atoms with Gasteiger partial charge in [-0.3, -0.25) is 9.78 Å². The molecule has 27 heavy (non-hydrogen) atoms. The predicted molar refractivity (Wildman–Crippen MR) is 103 cm³/mol. The first kappa shape index (κ1) is 18.2. The van der Waals surface area contributed by atoms with Crippen LogP contribution in [0.2, 0.25) is 0 Å². The van der Waals surface area contributed by atoms with Gasteiger partial charge in [-0.1, -0.05) is 6.07 Å². The molecular weight excluding hydrogens is 342 g/mol. The number of carbonyl (C=O) groups excluding carboxylic acids is 1. The third kappa shape index (κ3) is 4.53. The summed E-state index contributed by atoms with van der Waals surface area (Å²) >= 11 is 0. The highest BCUT2D eigenvalue weighted by Gasteiger charge is 2.08. The maximum Gasteiger partial charge on any atom is 0.224 e. The molecule has 0 aliphatic heterocycles. The van der Waals surface area contributed by atoms with Crippen molar-refractivity contribution >= 4 is 22.5 Å². The zero-order chi connectivity index (χ0) is 19.1. The van der Waals surface area contributed by atoms with E-state index in [4.69, 9.17) is 14.7 Å². The second-order valence-electron chi connectivity index (χ2n) is 5.85. The van der Waals surface area contributed by atoms with E-state index in [1.54, 1.807) is 24.4 Å². The summed E-state index contributed by atoms with van der Waals surface area (Å²) in [6.45, 7) is 0.368. The molecule has 0 saturated heterocycles. The van der Waals surface area contributed by atoms with Gasteiger partial charge in [-0.2, -0.15) is 5.26 Å². The summed E-state index contributed by atoms with van der Waals surface area (Å²) in [6, 6.07) is 16.4. The summed E-state index contributed by atoms with van der Waals surface area (Å²) in [4.78, 5) is 16.5. The van der Waals surface area contributed by atoms with Crippen molar-refractivity contribution in [1.82, 2.24) is 4.98 Å². The second kappa shape index (κ2) is 8.68. The second-order valence-corrected chi connectivity index (χ2v) is 5.85. The first-order valence-corrected chi connectivity index (χ1v) is 8.56. The maximum absolute atomic E-state index is 12.2. The van der Waals surface area contributed by atoms with Crippen LogP contribution in [0.5, 0.6) is 11.5 Å². The number of amides is 1. The van der Waals surface area contributed by atoms with E-state index in [0.29, 0.717) is 36.5 Å². The smallest absolute Gasteiger partial charge is 0.224 e. The highest BCUT2D eigenvalue weighted by atomic mass is 16.5. The standard InChI is InChI=1S/C21H19N3O3/c1-26-20-13-15(14-22)9-10-19(20)27-12-4-8-21(25)24-18-7-2-6-17-16(18)5-3-11-23-17/h2-3,5-7,9-11,13H,4,8,12H2,1H3,(H,24,25). The number of anilines is 1. The average Bonchev–Trinajstić information content (AvgIpc) is 2.71. The number of hydrogen-bond acceptors (Lipinski definition) is 5. The molecule has 1 heterocycles. The molecule has 3 rings (SSSR count). The van der Waals surface area contributed by atoms with Gasteiger partial charge in [0.15, 0.2) is 11.5 Å². The van der Waals surface area contributed by atoms with Crippen LogP contribution >= 0.6 is 0 Å². The fraction of sp³-hybridized carbons (Fsp3) is 0.190. The SMILES string of the molecule is COc1cc(C#N)ccc1OCCCC(=O)Nc1cccc2ncccc12. The maximum atomic E-state index is 12.2. The molecule has 0 spiro atoms. The Morgan fingerprint density at radius 1 is 1.19 bits per heavy atom. The molecular formula is C21H19N3O3. The van der Waals surface area contributed by atoms with Gasteiger partial charge in [0.05, 0.1) is 36.6 Å². The van der Waals surface area contributed by atoms with Gasteiger partial charge >= 0.3 is 0 Å². The molecule has 0 aliphatic carbocycles. The van der Waals surface area contributed by atoms with Crippen molar-refractivity contribution in [2.45, 2.75) is 12.8 Å². The van der Waals surface area contributed by atoms with Gasteiger partial charge in [-0.25, -0.2) is 0 Å². The Kier molecular flexibility index (Phi) is 5.85. The predicted octanol–water partition coefficient (Wildman–Crippen LogP) is 3.91. The molecule has 0 unspecified atom stereocenters. The van der Waals surface area contributed by atoms with E-state index in [0.717, 1.165) is 16.6 Å². The fourth-order valence-electron chi connectivity index (χ4n) is 2.70. The highest BCUT2D eigenvalue weighted by Crippen LogP contribution is 2.28. The number of rotatable bonds is 7. The lowest BCUT2D eigenvalue weighted by molar-refractivity contribution is -0.116. The molecule has 0 saturated carbocycles. The Morgan fingerprint density at radius 3 is 2.89 bits per heavy atom. The van der Waals surface area contributed by atoms with Gasteiger partial charge in [0.25, 0.3) is 0 Å². The Bertz CT molecular complexity index is 990. The Labute approximate surface area is 157 Å². The first-order valence-electron chi connectivity index (χ1n) is 8.56. The molecule has 1 amide bonds. The van der Waals surface area contributed by atoms with Gasteiger partial charge < -0.3 is 14.8 Å². The number of benzene rings is 2. The van der Waals surface area contributed by atoms with Crippen molar-refractivity contribution in [2.75, 3.05) is 19.0 Å². The molecule has 1 aromatic heterocycles. The zero-order valence-corrected chi connectivity index (χ0v) is 14.9. The van der Waals surface area contributed by atoms with Gasteiger partial charge in [0.1, 0.15) is 0 Å². The van der Waals surface area contributed by atoms with E-state index in [9.17, 15) is 4.79 Å². The number of fused-ring (bicyclic) bond motifs is 1. The average molecular weight is 361 g/mol. The van der Waals surface area contributed by atoms with Crippen LogP contribution in [0.3, 0.4) is 0 Å². The van der Waals surface area contributed by atoms with Crippen LogP contribution in [0.1, 0.15) is 18.4 Å². The molecule has 1 N–H and O–H groups in total. The van der Waals surface area contributed by atoms with E-state index >= 15 is 0 Å². The summed E-state index contributed by atoms with van der Waals surface area (Å²) in [5, 5.41) is 12.8. The van der Waals surface area contributed by atoms with E-state index < -0.39 is 0 Å². The topological polar surface area (TPSA) is 84.2 Å². The summed E-state index contributed by atoms with van der Waals surface area (Å²) < 4.78 is 10.9. The van der Waals surface area contributed by atoms with E-state index in [1.807, 2.05) is 30.3 Å². The molecule has 6 heteroatoms. The molecule has 0 fully saturated rings. The van der Waals surface area contributed by atoms with E-state index in [1.165, 1.54) is 7.11 Å². The summed E-state index contributed by atoms with van der Waals surface area (Å²) in [5.74, 6) is 0.973. The zero-order valence-electron chi connectivity index (χ0n) is 14.9. The third-order valence-electron chi connectivity index (χ3n) is 4.02. The van der Waals surface area contributed by atoms with Crippen molar-refractivity contribution in [3.05, 3.63) is 60.3 Å². The quantitative estimate of drug-likeness (QED) is 0.645. The first-order chi connectivity index (χ1) is 13.2. The lowest BCUT2D eigenvalue weighted by Crippen LogP contribution is -2.13. The normalized spacial score (nSPS) is 10.2. The number of nitriles is 1. The molecule has 6 nitrogen and oxygen atoms in total. The summed E-state index contributed by atoms with van der Waals surface area (Å²) in [6.07, 6.45) is 2.61. The third-order valence-corrected chi connectivity index (χ3v) is 4.02. The van der Waals surface area contributed by atoms with Crippen LogP contribution in [-0.2, 0) is 4.79 Å². The molecule has 0 bridgehead atoms. The van der Waals surface area contributed by atoms with Crippen LogP contribution in [0.25, 0.3) is 10.9 Å². The van der Waals surface area contributed by atoms with Crippen LogP contribution in [0.4, 0.5) is 5.69 Å². The minimum absolute atomic E-state index is 0.0817. The number of pyridine rings is 1. The van der Waals surface area contributed by atoms with E-state index in [-0.39, 0.29) is 5.91 Å². The lowest BCUT2D eigenvalue weighted by atomic mass is 10.1. The number of hydrogen-bond donors (Lipinski definition) is 1. The minimum Gasteiger partial charge on any atom is -0.493 e. The van der Waals surface area contributed by atoms with Crippen molar-refractivity contribution in [1.29, 1.82) is 5.26 Å².